The van der Waals surface area contributed by atoms with Crippen LogP contribution in [0.2, 0.25) is 5.15 Å². The molecule has 3 aromatic carbocycles. The second kappa shape index (κ2) is 12.1. The Morgan fingerprint density at radius 1 is 0.895 bits per heavy atom. The summed E-state index contributed by atoms with van der Waals surface area (Å²) in [4.78, 5) is 4.77. The van der Waals surface area contributed by atoms with Crippen LogP contribution in [-0.2, 0) is 18.0 Å². The van der Waals surface area contributed by atoms with Gasteiger partial charge < -0.3 is 14.2 Å². The fourth-order valence-electron chi connectivity index (χ4n) is 4.64. The molecule has 1 aromatic heterocycles. The third-order valence-corrected chi connectivity index (χ3v) is 6.82. The van der Waals surface area contributed by atoms with Gasteiger partial charge >= 0.3 is 0 Å². The van der Waals surface area contributed by atoms with E-state index in [2.05, 4.69) is 19.6 Å². The molecule has 0 saturated carbocycles. The van der Waals surface area contributed by atoms with Crippen molar-refractivity contribution < 1.29 is 14.2 Å². The van der Waals surface area contributed by atoms with Gasteiger partial charge in [0, 0.05) is 5.92 Å². The van der Waals surface area contributed by atoms with Crippen molar-refractivity contribution in [2.24, 2.45) is 5.92 Å². The fourth-order valence-corrected chi connectivity index (χ4v) is 4.91. The Bertz CT molecular complexity index is 1400. The van der Waals surface area contributed by atoms with Crippen LogP contribution in [0.25, 0.3) is 11.1 Å². The first-order valence-corrected chi connectivity index (χ1v) is 13.1. The normalized spacial score (nSPS) is 16.9. The van der Waals surface area contributed by atoms with E-state index < -0.39 is 0 Å². The van der Waals surface area contributed by atoms with Gasteiger partial charge in [-0.05, 0) is 22.3 Å². The van der Waals surface area contributed by atoms with Gasteiger partial charge in [0.05, 0.1) is 23.8 Å². The van der Waals surface area contributed by atoms with Gasteiger partial charge in [-0.3, -0.25) is 0 Å². The van der Waals surface area contributed by atoms with Crippen molar-refractivity contribution in [3.63, 3.8) is 0 Å². The number of hydrogen-bond acceptors (Lipinski definition) is 4. The molecule has 192 valence electrons. The maximum absolute atomic E-state index is 6.89. The summed E-state index contributed by atoms with van der Waals surface area (Å²) in [7, 11) is 0. The molecule has 0 radical (unpaired) electrons. The molecule has 4 nitrogen and oxygen atoms in total. The summed E-state index contributed by atoms with van der Waals surface area (Å²) < 4.78 is 19.4. The van der Waals surface area contributed by atoms with Crippen molar-refractivity contribution >= 4 is 11.6 Å². The first-order chi connectivity index (χ1) is 18.6. The quantitative estimate of drug-likeness (QED) is 0.206. The van der Waals surface area contributed by atoms with Crippen molar-refractivity contribution in [1.29, 1.82) is 0 Å². The highest BCUT2D eigenvalue weighted by Crippen LogP contribution is 2.49. The Balaban J connectivity index is 1.66. The molecule has 5 rings (SSSR count). The molecule has 1 aliphatic heterocycles. The SMILES string of the molecule is C=CC1=C[C@H](C)[C@@H](c2c(OCc3ccccc3)nc(Cl)c(-c3ccccc3)c2OCc2ccccc2)OC1. The number of rotatable bonds is 9. The lowest BCUT2D eigenvalue weighted by Gasteiger charge is -2.31. The average Bonchev–Trinajstić information content (AvgIpc) is 2.96. The molecule has 0 spiro atoms. The molecule has 0 amide bonds. The van der Waals surface area contributed by atoms with Crippen LogP contribution in [0.4, 0.5) is 0 Å². The van der Waals surface area contributed by atoms with Crippen LogP contribution in [0.1, 0.15) is 29.7 Å². The van der Waals surface area contributed by atoms with E-state index in [4.69, 9.17) is 30.8 Å². The summed E-state index contributed by atoms with van der Waals surface area (Å²) in [5.74, 6) is 1.06. The summed E-state index contributed by atoms with van der Waals surface area (Å²) in [5.41, 5.74) is 5.52. The van der Waals surface area contributed by atoms with Crippen LogP contribution < -0.4 is 9.47 Å². The van der Waals surface area contributed by atoms with Crippen molar-refractivity contribution in [3.8, 4) is 22.8 Å². The van der Waals surface area contributed by atoms with Crippen LogP contribution in [0.15, 0.2) is 115 Å². The zero-order valence-corrected chi connectivity index (χ0v) is 22.1. The molecule has 0 N–H and O–H groups in total. The highest BCUT2D eigenvalue weighted by Gasteiger charge is 2.33. The van der Waals surface area contributed by atoms with Crippen molar-refractivity contribution in [2.45, 2.75) is 26.2 Å². The Morgan fingerprint density at radius 2 is 1.47 bits per heavy atom. The predicted octanol–water partition coefficient (Wildman–Crippen LogP) is 8.38. The van der Waals surface area contributed by atoms with Crippen molar-refractivity contribution in [2.75, 3.05) is 6.61 Å². The smallest absolute Gasteiger partial charge is 0.224 e. The molecule has 4 aromatic rings. The average molecular weight is 524 g/mol. The Hall–Kier alpha value is -3.86. The Morgan fingerprint density at radius 3 is 2.05 bits per heavy atom. The second-order valence-corrected chi connectivity index (χ2v) is 9.63. The van der Waals surface area contributed by atoms with E-state index in [9.17, 15) is 0 Å². The second-order valence-electron chi connectivity index (χ2n) is 9.28. The van der Waals surface area contributed by atoms with Gasteiger partial charge in [0.15, 0.2) is 0 Å². The highest BCUT2D eigenvalue weighted by atomic mass is 35.5. The van der Waals surface area contributed by atoms with Gasteiger partial charge in [0.2, 0.25) is 5.88 Å². The molecule has 0 bridgehead atoms. The minimum absolute atomic E-state index is 0.0292. The summed E-state index contributed by atoms with van der Waals surface area (Å²) >= 11 is 6.89. The number of halogens is 1. The molecular weight excluding hydrogens is 494 g/mol. The topological polar surface area (TPSA) is 40.6 Å². The van der Waals surface area contributed by atoms with Gasteiger partial charge in [0.25, 0.3) is 0 Å². The number of aromatic nitrogens is 1. The third-order valence-electron chi connectivity index (χ3n) is 6.55. The lowest BCUT2D eigenvalue weighted by Crippen LogP contribution is -2.21. The highest BCUT2D eigenvalue weighted by molar-refractivity contribution is 6.32. The van der Waals surface area contributed by atoms with Gasteiger partial charge in [-0.1, -0.05) is 128 Å². The largest absolute Gasteiger partial charge is 0.488 e. The van der Waals surface area contributed by atoms with Gasteiger partial charge in [-0.15, -0.1) is 0 Å². The number of nitrogens with zero attached hydrogens (tertiary/aromatic N) is 1. The molecule has 5 heteroatoms. The molecule has 1 aliphatic rings. The summed E-state index contributed by atoms with van der Waals surface area (Å²) in [6.07, 6.45) is 3.67. The van der Waals surface area contributed by atoms with Gasteiger partial charge in [-0.2, -0.15) is 0 Å². The van der Waals surface area contributed by atoms with E-state index in [0.29, 0.717) is 36.6 Å². The van der Waals surface area contributed by atoms with Gasteiger partial charge in [-0.25, -0.2) is 4.98 Å². The summed E-state index contributed by atoms with van der Waals surface area (Å²) in [5, 5.41) is 0.317. The third kappa shape index (κ3) is 5.83. The fraction of sp³-hybridized carbons (Fsp3) is 0.182. The number of pyridine rings is 1. The molecule has 0 unspecified atom stereocenters. The maximum atomic E-state index is 6.89. The van der Waals surface area contributed by atoms with Crippen LogP contribution in [0.5, 0.6) is 11.6 Å². The van der Waals surface area contributed by atoms with E-state index in [1.165, 1.54) is 0 Å². The van der Waals surface area contributed by atoms with Gasteiger partial charge in [0.1, 0.15) is 24.1 Å². The minimum Gasteiger partial charge on any atom is -0.488 e. The Labute approximate surface area is 229 Å². The lowest BCUT2D eigenvalue weighted by molar-refractivity contribution is 0.0283. The van der Waals surface area contributed by atoms with E-state index in [1.807, 2.05) is 97.1 Å². The molecule has 0 aliphatic carbocycles. The Kier molecular flexibility index (Phi) is 8.22. The lowest BCUT2D eigenvalue weighted by atomic mass is 9.91. The minimum atomic E-state index is -0.345. The first kappa shape index (κ1) is 25.8. The van der Waals surface area contributed by atoms with Crippen molar-refractivity contribution in [1.82, 2.24) is 4.98 Å². The standard InChI is InChI=1S/C33H30ClNO3/c1-3-24-19-23(2)30(36-20-24)29-31(37-21-25-13-7-4-8-14-25)28(27-17-11-6-12-18-27)32(34)35-33(29)38-22-26-15-9-5-10-16-26/h3-19,23,30H,1,20-22H2,2H3/t23-,30-/m0/s1. The van der Waals surface area contributed by atoms with Crippen molar-refractivity contribution in [3.05, 3.63) is 137 Å². The molecule has 0 fully saturated rings. The van der Waals surface area contributed by atoms with Crippen LogP contribution >= 0.6 is 11.6 Å². The van der Waals surface area contributed by atoms with E-state index in [0.717, 1.165) is 33.4 Å². The van der Waals surface area contributed by atoms with Crippen LogP contribution in [0.3, 0.4) is 0 Å². The maximum Gasteiger partial charge on any atom is 0.224 e. The van der Waals surface area contributed by atoms with Crippen LogP contribution in [-0.4, -0.2) is 11.6 Å². The first-order valence-electron chi connectivity index (χ1n) is 12.7. The molecular formula is C33H30ClNO3. The summed E-state index contributed by atoms with van der Waals surface area (Å²) in [6, 6.07) is 30.0. The zero-order chi connectivity index (χ0) is 26.3. The van der Waals surface area contributed by atoms with E-state index in [1.54, 1.807) is 0 Å². The zero-order valence-electron chi connectivity index (χ0n) is 21.3. The van der Waals surface area contributed by atoms with E-state index >= 15 is 0 Å². The molecule has 38 heavy (non-hydrogen) atoms. The molecule has 2 atom stereocenters. The molecule has 2 heterocycles. The predicted molar refractivity (Wildman–Crippen MR) is 152 cm³/mol. The summed E-state index contributed by atoms with van der Waals surface area (Å²) in [6.45, 7) is 7.18. The monoisotopic (exact) mass is 523 g/mol. The molecule has 0 saturated heterocycles. The number of hydrogen-bond donors (Lipinski definition) is 0. The van der Waals surface area contributed by atoms with E-state index in [-0.39, 0.29) is 12.0 Å². The number of ether oxygens (including phenoxy) is 3. The van der Waals surface area contributed by atoms with Crippen LogP contribution in [0, 0.1) is 5.92 Å². The number of benzene rings is 3.